The van der Waals surface area contributed by atoms with E-state index in [-0.39, 0.29) is 11.3 Å². The van der Waals surface area contributed by atoms with Crippen LogP contribution in [-0.2, 0) is 6.42 Å². The third-order valence-corrected chi connectivity index (χ3v) is 3.07. The smallest absolute Gasteiger partial charge is 0.271 e. The van der Waals surface area contributed by atoms with Crippen molar-refractivity contribution in [1.82, 2.24) is 10.2 Å². The normalized spacial score (nSPS) is 10.3. The standard InChI is InChI=1S/C12H11BrN4O3/c1-2-9-6-11(16-15-9)14-12(18)7-3-8(13)5-10(4-7)17(19)20/h3-6H,2H2,1H3,(H2,14,15,16,18). The fourth-order valence-electron chi connectivity index (χ4n) is 1.61. The molecule has 0 saturated carbocycles. The number of hydrogen-bond donors (Lipinski definition) is 2. The summed E-state index contributed by atoms with van der Waals surface area (Å²) in [7, 11) is 0. The van der Waals surface area contributed by atoms with Gasteiger partial charge in [0.1, 0.15) is 0 Å². The quantitative estimate of drug-likeness (QED) is 0.660. The van der Waals surface area contributed by atoms with Crippen LogP contribution in [0.15, 0.2) is 28.7 Å². The molecule has 104 valence electrons. The maximum atomic E-state index is 12.0. The van der Waals surface area contributed by atoms with Gasteiger partial charge in [-0.1, -0.05) is 22.9 Å². The number of nitrogens with one attached hydrogen (secondary N) is 2. The Balaban J connectivity index is 2.22. The molecule has 20 heavy (non-hydrogen) atoms. The van der Waals surface area contributed by atoms with Gasteiger partial charge in [-0.25, -0.2) is 0 Å². The van der Waals surface area contributed by atoms with Crippen LogP contribution in [0.2, 0.25) is 0 Å². The zero-order chi connectivity index (χ0) is 14.7. The summed E-state index contributed by atoms with van der Waals surface area (Å²) in [6.45, 7) is 1.96. The molecule has 2 rings (SSSR count). The summed E-state index contributed by atoms with van der Waals surface area (Å²) in [5, 5.41) is 20.0. The van der Waals surface area contributed by atoms with E-state index in [1.54, 1.807) is 6.07 Å². The zero-order valence-electron chi connectivity index (χ0n) is 10.5. The summed E-state index contributed by atoms with van der Waals surface area (Å²) < 4.78 is 0.466. The summed E-state index contributed by atoms with van der Waals surface area (Å²) in [6, 6.07) is 5.77. The molecule has 0 saturated heterocycles. The monoisotopic (exact) mass is 338 g/mol. The maximum absolute atomic E-state index is 12.0. The number of nitrogens with zero attached hydrogens (tertiary/aromatic N) is 2. The molecule has 8 heteroatoms. The van der Waals surface area contributed by atoms with Crippen LogP contribution >= 0.6 is 15.9 Å². The van der Waals surface area contributed by atoms with Crippen molar-refractivity contribution in [3.8, 4) is 0 Å². The average molecular weight is 339 g/mol. The number of halogens is 1. The number of aromatic amines is 1. The fraction of sp³-hybridized carbons (Fsp3) is 0.167. The minimum atomic E-state index is -0.550. The third-order valence-electron chi connectivity index (χ3n) is 2.61. The van der Waals surface area contributed by atoms with Crippen molar-refractivity contribution in [1.29, 1.82) is 0 Å². The van der Waals surface area contributed by atoms with Crippen LogP contribution in [0, 0.1) is 10.1 Å². The van der Waals surface area contributed by atoms with Crippen LogP contribution < -0.4 is 5.32 Å². The Morgan fingerprint density at radius 3 is 2.80 bits per heavy atom. The van der Waals surface area contributed by atoms with E-state index in [4.69, 9.17) is 0 Å². The average Bonchev–Trinajstić information content (AvgIpc) is 2.85. The number of carbonyl (C=O) groups excluding carboxylic acids is 1. The molecule has 0 atom stereocenters. The summed E-state index contributed by atoms with van der Waals surface area (Å²) in [5.74, 6) is -0.0713. The first kappa shape index (κ1) is 14.2. The van der Waals surface area contributed by atoms with Crippen molar-refractivity contribution in [3.05, 3.63) is 50.1 Å². The predicted molar refractivity (Wildman–Crippen MR) is 76.7 cm³/mol. The lowest BCUT2D eigenvalue weighted by Gasteiger charge is -2.02. The molecule has 0 spiro atoms. The lowest BCUT2D eigenvalue weighted by molar-refractivity contribution is -0.384. The van der Waals surface area contributed by atoms with Crippen LogP contribution in [0.5, 0.6) is 0 Å². The van der Waals surface area contributed by atoms with Gasteiger partial charge < -0.3 is 5.32 Å². The Labute approximate surface area is 122 Å². The van der Waals surface area contributed by atoms with Crippen LogP contribution in [0.1, 0.15) is 23.0 Å². The van der Waals surface area contributed by atoms with E-state index in [9.17, 15) is 14.9 Å². The van der Waals surface area contributed by atoms with Gasteiger partial charge >= 0.3 is 0 Å². The van der Waals surface area contributed by atoms with Gasteiger partial charge in [0.05, 0.1) is 4.92 Å². The zero-order valence-corrected chi connectivity index (χ0v) is 12.1. The number of anilines is 1. The SMILES string of the molecule is CCc1cc(NC(=O)c2cc(Br)cc([N+](=O)[O-])c2)n[nH]1. The first-order valence-corrected chi connectivity index (χ1v) is 6.59. The number of hydrogen-bond acceptors (Lipinski definition) is 4. The summed E-state index contributed by atoms with van der Waals surface area (Å²) in [6.07, 6.45) is 0.769. The van der Waals surface area contributed by atoms with Gasteiger partial charge in [-0.3, -0.25) is 20.0 Å². The number of non-ortho nitro benzene ring substituents is 1. The Kier molecular flexibility index (Phi) is 4.14. The molecule has 1 aromatic carbocycles. The number of nitro groups is 1. The van der Waals surface area contributed by atoms with Gasteiger partial charge in [0, 0.05) is 33.9 Å². The molecule has 0 aliphatic carbocycles. The largest absolute Gasteiger partial charge is 0.305 e. The topological polar surface area (TPSA) is 101 Å². The van der Waals surface area contributed by atoms with E-state index >= 15 is 0 Å². The fourth-order valence-corrected chi connectivity index (χ4v) is 2.09. The number of aromatic nitrogens is 2. The number of rotatable bonds is 4. The van der Waals surface area contributed by atoms with Crippen molar-refractivity contribution >= 4 is 33.3 Å². The molecule has 2 N–H and O–H groups in total. The van der Waals surface area contributed by atoms with E-state index in [0.29, 0.717) is 10.3 Å². The first-order chi connectivity index (χ1) is 9.49. The predicted octanol–water partition coefficient (Wildman–Crippen LogP) is 2.90. The second-order valence-electron chi connectivity index (χ2n) is 4.04. The first-order valence-electron chi connectivity index (χ1n) is 5.80. The molecule has 7 nitrogen and oxygen atoms in total. The molecule has 0 bridgehead atoms. The number of carbonyl (C=O) groups is 1. The van der Waals surface area contributed by atoms with Gasteiger partial charge in [-0.15, -0.1) is 0 Å². The van der Waals surface area contributed by atoms with Crippen LogP contribution in [-0.4, -0.2) is 21.0 Å². The highest BCUT2D eigenvalue weighted by Gasteiger charge is 2.14. The van der Waals surface area contributed by atoms with E-state index in [0.717, 1.165) is 12.1 Å². The van der Waals surface area contributed by atoms with E-state index < -0.39 is 10.8 Å². The van der Waals surface area contributed by atoms with Crippen molar-refractivity contribution in [2.45, 2.75) is 13.3 Å². The highest BCUT2D eigenvalue weighted by Crippen LogP contribution is 2.22. The Morgan fingerprint density at radius 2 is 2.20 bits per heavy atom. The second kappa shape index (κ2) is 5.83. The van der Waals surface area contributed by atoms with Crippen LogP contribution in [0.3, 0.4) is 0 Å². The molecule has 0 unspecified atom stereocenters. The molecule has 0 fully saturated rings. The molecule has 1 aromatic heterocycles. The van der Waals surface area contributed by atoms with Crippen molar-refractivity contribution in [2.75, 3.05) is 5.32 Å². The van der Waals surface area contributed by atoms with Crippen LogP contribution in [0.4, 0.5) is 11.5 Å². The lowest BCUT2D eigenvalue weighted by Crippen LogP contribution is -2.12. The van der Waals surface area contributed by atoms with Crippen LogP contribution in [0.25, 0.3) is 0 Å². The van der Waals surface area contributed by atoms with Gasteiger partial charge in [0.2, 0.25) is 0 Å². The van der Waals surface area contributed by atoms with E-state index in [1.807, 2.05) is 6.92 Å². The summed E-state index contributed by atoms with van der Waals surface area (Å²) in [5.41, 5.74) is 0.924. The summed E-state index contributed by atoms with van der Waals surface area (Å²) in [4.78, 5) is 22.2. The minimum absolute atomic E-state index is 0.152. The number of benzene rings is 1. The molecule has 0 aliphatic rings. The van der Waals surface area contributed by atoms with Crippen molar-refractivity contribution in [3.63, 3.8) is 0 Å². The number of nitro benzene ring substituents is 1. The molecule has 0 radical (unpaired) electrons. The second-order valence-corrected chi connectivity index (χ2v) is 4.96. The Hall–Kier alpha value is -2.22. The Morgan fingerprint density at radius 1 is 1.45 bits per heavy atom. The molecular weight excluding hydrogens is 328 g/mol. The molecule has 1 heterocycles. The molecule has 1 amide bonds. The molecule has 0 aliphatic heterocycles. The van der Waals surface area contributed by atoms with E-state index in [1.165, 1.54) is 18.2 Å². The highest BCUT2D eigenvalue weighted by molar-refractivity contribution is 9.10. The highest BCUT2D eigenvalue weighted by atomic mass is 79.9. The number of H-pyrrole nitrogens is 1. The number of aryl methyl sites for hydroxylation is 1. The lowest BCUT2D eigenvalue weighted by atomic mass is 10.2. The van der Waals surface area contributed by atoms with Gasteiger partial charge in [0.15, 0.2) is 5.82 Å². The molecular formula is C12H11BrN4O3. The third kappa shape index (κ3) is 3.21. The minimum Gasteiger partial charge on any atom is -0.305 e. The van der Waals surface area contributed by atoms with Crippen molar-refractivity contribution < 1.29 is 9.72 Å². The van der Waals surface area contributed by atoms with E-state index in [2.05, 4.69) is 31.4 Å². The number of amides is 1. The van der Waals surface area contributed by atoms with Gasteiger partial charge in [0.25, 0.3) is 11.6 Å². The summed E-state index contributed by atoms with van der Waals surface area (Å²) >= 11 is 3.14. The Bertz CT molecular complexity index is 668. The molecule has 2 aromatic rings. The van der Waals surface area contributed by atoms with Crippen molar-refractivity contribution in [2.24, 2.45) is 0 Å². The van der Waals surface area contributed by atoms with Gasteiger partial charge in [-0.2, -0.15) is 5.10 Å². The van der Waals surface area contributed by atoms with Gasteiger partial charge in [-0.05, 0) is 12.5 Å². The maximum Gasteiger partial charge on any atom is 0.271 e.